The Bertz CT molecular complexity index is 1190. The van der Waals surface area contributed by atoms with E-state index in [1.54, 1.807) is 24.3 Å². The maximum atomic E-state index is 13.8. The fourth-order valence-electron chi connectivity index (χ4n) is 3.89. The van der Waals surface area contributed by atoms with Crippen molar-refractivity contribution in [2.45, 2.75) is 20.3 Å². The van der Waals surface area contributed by atoms with Crippen LogP contribution < -0.4 is 14.5 Å². The Morgan fingerprint density at radius 1 is 0.879 bits per heavy atom. The lowest BCUT2D eigenvalue weighted by molar-refractivity contribution is -0.120. The second-order valence-electron chi connectivity index (χ2n) is 7.60. The van der Waals surface area contributed by atoms with Gasteiger partial charge in [0.25, 0.3) is 11.8 Å². The number of halogens is 1. The molecule has 0 aliphatic carbocycles. The van der Waals surface area contributed by atoms with Gasteiger partial charge in [-0.1, -0.05) is 43.3 Å². The molecule has 0 fully saturated rings. The molecule has 0 radical (unpaired) electrons. The first-order valence-electron chi connectivity index (χ1n) is 11.0. The van der Waals surface area contributed by atoms with Crippen LogP contribution in [0.5, 0.6) is 5.75 Å². The van der Waals surface area contributed by atoms with Gasteiger partial charge >= 0.3 is 0 Å². The van der Waals surface area contributed by atoms with Crippen LogP contribution in [0.4, 0.5) is 15.8 Å². The Morgan fingerprint density at radius 3 is 2.27 bits per heavy atom. The molecule has 3 aromatic rings. The predicted molar refractivity (Wildman–Crippen MR) is 128 cm³/mol. The normalized spacial score (nSPS) is 13.6. The Balaban J connectivity index is 1.84. The maximum Gasteiger partial charge on any atom is 0.282 e. The Labute approximate surface area is 192 Å². The van der Waals surface area contributed by atoms with E-state index in [0.29, 0.717) is 30.2 Å². The number of carbonyl (C=O) groups excluding carboxylic acids is 2. The second-order valence-corrected chi connectivity index (χ2v) is 7.60. The summed E-state index contributed by atoms with van der Waals surface area (Å²) in [5.41, 5.74) is 2.21. The number of benzene rings is 3. The molecule has 6 heteroatoms. The Kier molecular flexibility index (Phi) is 6.54. The molecule has 3 aromatic carbocycles. The largest absolute Gasteiger partial charge is 0.494 e. The van der Waals surface area contributed by atoms with E-state index in [4.69, 9.17) is 4.74 Å². The van der Waals surface area contributed by atoms with Crippen LogP contribution in [0, 0.1) is 5.82 Å². The van der Waals surface area contributed by atoms with Gasteiger partial charge in [0.15, 0.2) is 0 Å². The van der Waals surface area contributed by atoms with E-state index in [2.05, 4.69) is 0 Å². The van der Waals surface area contributed by atoms with Crippen LogP contribution in [0.1, 0.15) is 25.8 Å². The number of imide groups is 1. The van der Waals surface area contributed by atoms with Crippen molar-refractivity contribution in [3.05, 3.63) is 95.9 Å². The molecule has 0 atom stereocenters. The highest BCUT2D eigenvalue weighted by molar-refractivity contribution is 6.46. The molecule has 2 amide bonds. The molecular weight excluding hydrogens is 419 g/mol. The summed E-state index contributed by atoms with van der Waals surface area (Å²) in [6.45, 7) is 4.93. The number of hydrogen-bond donors (Lipinski definition) is 0. The van der Waals surface area contributed by atoms with Crippen LogP contribution in [0.25, 0.3) is 5.57 Å². The number of amides is 2. The van der Waals surface area contributed by atoms with Crippen LogP contribution in [0.15, 0.2) is 84.6 Å². The van der Waals surface area contributed by atoms with Crippen LogP contribution in [0.3, 0.4) is 0 Å². The fraction of sp³-hybridized carbons (Fsp3) is 0.185. The first-order chi connectivity index (χ1) is 16.0. The van der Waals surface area contributed by atoms with Crippen molar-refractivity contribution in [2.24, 2.45) is 0 Å². The number of likely N-dealkylation sites (N-methyl/N-ethyl adjacent to an activating group) is 1. The fourth-order valence-corrected chi connectivity index (χ4v) is 3.89. The van der Waals surface area contributed by atoms with Gasteiger partial charge < -0.3 is 9.64 Å². The minimum Gasteiger partial charge on any atom is -0.494 e. The van der Waals surface area contributed by atoms with Crippen molar-refractivity contribution in [2.75, 3.05) is 23.0 Å². The van der Waals surface area contributed by atoms with E-state index in [9.17, 15) is 14.0 Å². The molecule has 0 aromatic heterocycles. The summed E-state index contributed by atoms with van der Waals surface area (Å²) in [5, 5.41) is 0. The average Bonchev–Trinajstić information content (AvgIpc) is 3.09. The lowest BCUT2D eigenvalue weighted by atomic mass is 10.0. The molecular formula is C27H25FN2O3. The quantitative estimate of drug-likeness (QED) is 0.435. The minimum atomic E-state index is -0.455. The number of rotatable bonds is 8. The molecule has 5 nitrogen and oxygen atoms in total. The van der Waals surface area contributed by atoms with Crippen molar-refractivity contribution in [3.63, 3.8) is 0 Å². The third kappa shape index (κ3) is 4.37. The highest BCUT2D eigenvalue weighted by Gasteiger charge is 2.42. The maximum absolute atomic E-state index is 13.8. The zero-order valence-electron chi connectivity index (χ0n) is 18.6. The number of anilines is 2. The summed E-state index contributed by atoms with van der Waals surface area (Å²) < 4.78 is 19.3. The number of para-hydroxylation sites is 1. The first kappa shape index (κ1) is 22.3. The third-order valence-corrected chi connectivity index (χ3v) is 5.40. The highest BCUT2D eigenvalue weighted by atomic mass is 19.1. The molecule has 33 heavy (non-hydrogen) atoms. The molecule has 0 spiro atoms. The lowest BCUT2D eigenvalue weighted by Gasteiger charge is -2.25. The van der Waals surface area contributed by atoms with Crippen molar-refractivity contribution in [1.29, 1.82) is 0 Å². The van der Waals surface area contributed by atoms with Gasteiger partial charge in [0.2, 0.25) is 0 Å². The molecule has 0 saturated carbocycles. The van der Waals surface area contributed by atoms with E-state index in [0.717, 1.165) is 12.1 Å². The zero-order valence-corrected chi connectivity index (χ0v) is 18.6. The van der Waals surface area contributed by atoms with Crippen molar-refractivity contribution < 1.29 is 18.7 Å². The van der Waals surface area contributed by atoms with Gasteiger partial charge in [-0.3, -0.25) is 9.59 Å². The summed E-state index contributed by atoms with van der Waals surface area (Å²) in [5.74, 6) is -0.714. The molecule has 168 valence electrons. The average molecular weight is 445 g/mol. The summed E-state index contributed by atoms with van der Waals surface area (Å²) in [4.78, 5) is 30.4. The van der Waals surface area contributed by atoms with Crippen molar-refractivity contribution >= 4 is 28.8 Å². The Hall–Kier alpha value is -3.93. The zero-order chi connectivity index (χ0) is 23.4. The van der Waals surface area contributed by atoms with Crippen LogP contribution in [-0.2, 0) is 9.59 Å². The Morgan fingerprint density at radius 2 is 1.61 bits per heavy atom. The second kappa shape index (κ2) is 9.69. The number of nitrogens with zero attached hydrogens (tertiary/aromatic N) is 2. The summed E-state index contributed by atoms with van der Waals surface area (Å²) in [6.07, 6.45) is 0.842. The molecule has 4 rings (SSSR count). The van der Waals surface area contributed by atoms with E-state index < -0.39 is 17.6 Å². The van der Waals surface area contributed by atoms with E-state index in [1.807, 2.05) is 49.1 Å². The number of hydrogen-bond acceptors (Lipinski definition) is 4. The van der Waals surface area contributed by atoms with Gasteiger partial charge in [0.1, 0.15) is 17.3 Å². The highest BCUT2D eigenvalue weighted by Crippen LogP contribution is 2.37. The van der Waals surface area contributed by atoms with Gasteiger partial charge in [-0.15, -0.1) is 0 Å². The minimum absolute atomic E-state index is 0.241. The SMILES string of the molecule is CCCOc1cccc(N2C(=O)C(c3ccc(F)cc3)=C(N(CC)c3ccccc3)C2=O)c1. The van der Waals surface area contributed by atoms with Gasteiger partial charge in [0, 0.05) is 18.3 Å². The smallest absolute Gasteiger partial charge is 0.282 e. The third-order valence-electron chi connectivity index (χ3n) is 5.40. The topological polar surface area (TPSA) is 49.9 Å². The molecule has 0 saturated heterocycles. The van der Waals surface area contributed by atoms with Crippen molar-refractivity contribution in [1.82, 2.24) is 0 Å². The van der Waals surface area contributed by atoms with Crippen LogP contribution in [0.2, 0.25) is 0 Å². The summed E-state index contributed by atoms with van der Waals surface area (Å²) in [7, 11) is 0. The number of ether oxygens (including phenoxy) is 1. The lowest BCUT2D eigenvalue weighted by Crippen LogP contribution is -2.35. The van der Waals surface area contributed by atoms with Gasteiger partial charge in [-0.05, 0) is 55.3 Å². The molecule has 0 N–H and O–H groups in total. The van der Waals surface area contributed by atoms with Crippen LogP contribution in [-0.4, -0.2) is 25.0 Å². The van der Waals surface area contributed by atoms with Gasteiger partial charge in [0.05, 0.1) is 17.9 Å². The van der Waals surface area contributed by atoms with Crippen LogP contribution >= 0.6 is 0 Å². The van der Waals surface area contributed by atoms with Gasteiger partial charge in [-0.2, -0.15) is 0 Å². The summed E-state index contributed by atoms with van der Waals surface area (Å²) >= 11 is 0. The monoisotopic (exact) mass is 444 g/mol. The summed E-state index contributed by atoms with van der Waals surface area (Å²) in [6, 6.07) is 22.0. The predicted octanol–water partition coefficient (Wildman–Crippen LogP) is 5.43. The van der Waals surface area contributed by atoms with E-state index >= 15 is 0 Å². The molecule has 1 aliphatic rings. The molecule has 1 aliphatic heterocycles. The molecule has 0 unspecified atom stereocenters. The van der Waals surface area contributed by atoms with E-state index in [1.165, 1.54) is 29.2 Å². The number of carbonyl (C=O) groups is 2. The van der Waals surface area contributed by atoms with Crippen molar-refractivity contribution in [3.8, 4) is 5.75 Å². The standard InChI is InChI=1S/C27H25FN2O3/c1-3-17-33-23-12-8-11-22(18-23)30-26(31)24(19-13-15-20(28)16-14-19)25(27(30)32)29(4-2)21-9-6-5-7-10-21/h5-16,18H,3-4,17H2,1-2H3. The first-order valence-corrected chi connectivity index (χ1v) is 11.0. The van der Waals surface area contributed by atoms with Gasteiger partial charge in [-0.25, -0.2) is 9.29 Å². The molecule has 0 bridgehead atoms. The van der Waals surface area contributed by atoms with E-state index in [-0.39, 0.29) is 11.3 Å². The molecule has 1 heterocycles.